The number of fused-ring (bicyclic) bond motifs is 3. The summed E-state index contributed by atoms with van der Waals surface area (Å²) in [4.78, 5) is 23.1. The van der Waals surface area contributed by atoms with Crippen LogP contribution in [-0.4, -0.2) is 40.8 Å². The molecule has 3 aromatic rings. The van der Waals surface area contributed by atoms with Crippen molar-refractivity contribution in [1.29, 1.82) is 0 Å². The Hall–Kier alpha value is -2.22. The fraction of sp³-hybridized carbons (Fsp3) is 0.500. The summed E-state index contributed by atoms with van der Waals surface area (Å²) in [5.74, 6) is 0.634. The Balaban J connectivity index is 1.49. The highest BCUT2D eigenvalue weighted by atomic mass is 32.1. The SMILES string of the molecule is CC(C)n1c(Nc2cccc(CN3CCOCC3)c2)nc2sc3c(c2c1=O)CCCC3. The van der Waals surface area contributed by atoms with E-state index >= 15 is 0 Å². The fourth-order valence-electron chi connectivity index (χ4n) is 4.68. The summed E-state index contributed by atoms with van der Waals surface area (Å²) in [5, 5.41) is 4.31. The van der Waals surface area contributed by atoms with E-state index in [1.54, 1.807) is 11.3 Å². The van der Waals surface area contributed by atoms with Crippen molar-refractivity contribution in [3.05, 3.63) is 50.6 Å². The zero-order chi connectivity index (χ0) is 21.4. The molecule has 2 aliphatic rings. The Bertz CT molecular complexity index is 1140. The molecule has 0 atom stereocenters. The zero-order valence-corrected chi connectivity index (χ0v) is 19.1. The summed E-state index contributed by atoms with van der Waals surface area (Å²) in [6.45, 7) is 8.53. The average molecular weight is 439 g/mol. The van der Waals surface area contributed by atoms with E-state index in [4.69, 9.17) is 9.72 Å². The van der Waals surface area contributed by atoms with Gasteiger partial charge in [0.25, 0.3) is 5.56 Å². The lowest BCUT2D eigenvalue weighted by atomic mass is 9.97. The molecule has 0 spiro atoms. The number of hydrogen-bond donors (Lipinski definition) is 1. The molecule has 31 heavy (non-hydrogen) atoms. The fourth-order valence-corrected chi connectivity index (χ4v) is 5.93. The van der Waals surface area contributed by atoms with Crippen LogP contribution in [0.25, 0.3) is 10.2 Å². The molecule has 0 saturated carbocycles. The Labute approximate surface area is 186 Å². The van der Waals surface area contributed by atoms with Gasteiger partial charge in [-0.25, -0.2) is 4.98 Å². The number of benzene rings is 1. The molecule has 1 fully saturated rings. The smallest absolute Gasteiger partial charge is 0.264 e. The number of thiophene rings is 1. The second kappa shape index (κ2) is 8.73. The van der Waals surface area contributed by atoms with Crippen molar-refractivity contribution in [3.8, 4) is 0 Å². The summed E-state index contributed by atoms with van der Waals surface area (Å²) in [5.41, 5.74) is 3.55. The Morgan fingerprint density at radius 2 is 2.00 bits per heavy atom. The van der Waals surface area contributed by atoms with E-state index < -0.39 is 0 Å². The van der Waals surface area contributed by atoms with Gasteiger partial charge < -0.3 is 10.1 Å². The largest absolute Gasteiger partial charge is 0.379 e. The zero-order valence-electron chi connectivity index (χ0n) is 18.3. The molecular formula is C24H30N4O2S. The average Bonchev–Trinajstić information content (AvgIpc) is 3.13. The Morgan fingerprint density at radius 3 is 2.81 bits per heavy atom. The molecule has 0 unspecified atom stereocenters. The predicted molar refractivity (Wildman–Crippen MR) is 127 cm³/mol. The summed E-state index contributed by atoms with van der Waals surface area (Å²) in [6, 6.07) is 8.46. The highest BCUT2D eigenvalue weighted by molar-refractivity contribution is 7.18. The molecule has 6 nitrogen and oxygen atoms in total. The van der Waals surface area contributed by atoms with Gasteiger partial charge in [-0.15, -0.1) is 11.3 Å². The Kier molecular flexibility index (Phi) is 5.82. The van der Waals surface area contributed by atoms with E-state index in [0.29, 0.717) is 5.95 Å². The topological polar surface area (TPSA) is 59.4 Å². The van der Waals surface area contributed by atoms with Gasteiger partial charge in [0.15, 0.2) is 0 Å². The first-order valence-electron chi connectivity index (χ1n) is 11.3. The lowest BCUT2D eigenvalue weighted by Gasteiger charge is -2.26. The third-order valence-electron chi connectivity index (χ3n) is 6.23. The molecule has 3 heterocycles. The van der Waals surface area contributed by atoms with Crippen molar-refractivity contribution >= 4 is 33.2 Å². The molecule has 0 bridgehead atoms. The standard InChI is InChI=1S/C24H30N4O2S/c1-16(2)28-23(29)21-19-8-3-4-9-20(19)31-22(21)26-24(28)25-18-7-5-6-17(14-18)15-27-10-12-30-13-11-27/h5-7,14,16H,3-4,8-13,15H2,1-2H3,(H,25,26). The molecule has 5 rings (SSSR count). The van der Waals surface area contributed by atoms with Crippen LogP contribution in [0, 0.1) is 0 Å². The van der Waals surface area contributed by atoms with Gasteiger partial charge in [-0.3, -0.25) is 14.3 Å². The number of morpholine rings is 1. The number of anilines is 2. The van der Waals surface area contributed by atoms with Crippen LogP contribution in [-0.2, 0) is 24.1 Å². The number of nitrogens with zero attached hydrogens (tertiary/aromatic N) is 3. The van der Waals surface area contributed by atoms with Crippen molar-refractivity contribution in [2.45, 2.75) is 52.1 Å². The number of aromatic nitrogens is 2. The van der Waals surface area contributed by atoms with Crippen LogP contribution in [0.5, 0.6) is 0 Å². The van der Waals surface area contributed by atoms with Crippen LogP contribution in [0.3, 0.4) is 0 Å². The molecule has 1 saturated heterocycles. The molecule has 2 aromatic heterocycles. The van der Waals surface area contributed by atoms with Gasteiger partial charge in [-0.2, -0.15) is 0 Å². The quantitative estimate of drug-likeness (QED) is 0.636. The van der Waals surface area contributed by atoms with Crippen molar-refractivity contribution in [1.82, 2.24) is 14.5 Å². The van der Waals surface area contributed by atoms with E-state index in [-0.39, 0.29) is 11.6 Å². The summed E-state index contributed by atoms with van der Waals surface area (Å²) >= 11 is 1.70. The van der Waals surface area contributed by atoms with Crippen molar-refractivity contribution < 1.29 is 4.74 Å². The van der Waals surface area contributed by atoms with Crippen LogP contribution in [0.1, 0.15) is 48.7 Å². The number of rotatable bonds is 5. The number of ether oxygens (including phenoxy) is 1. The molecule has 1 N–H and O–H groups in total. The van der Waals surface area contributed by atoms with Gasteiger partial charge in [0.1, 0.15) is 4.83 Å². The summed E-state index contributed by atoms with van der Waals surface area (Å²) < 4.78 is 7.28. The molecule has 1 aliphatic heterocycles. The highest BCUT2D eigenvalue weighted by Crippen LogP contribution is 2.35. The van der Waals surface area contributed by atoms with E-state index in [1.807, 2.05) is 24.5 Å². The van der Waals surface area contributed by atoms with Crippen molar-refractivity contribution in [3.63, 3.8) is 0 Å². The highest BCUT2D eigenvalue weighted by Gasteiger charge is 2.23. The second-order valence-electron chi connectivity index (χ2n) is 8.81. The normalized spacial score (nSPS) is 17.3. The lowest BCUT2D eigenvalue weighted by molar-refractivity contribution is 0.0342. The van der Waals surface area contributed by atoms with Crippen molar-refractivity contribution in [2.75, 3.05) is 31.6 Å². The van der Waals surface area contributed by atoms with Gasteiger partial charge >= 0.3 is 0 Å². The van der Waals surface area contributed by atoms with Crippen LogP contribution < -0.4 is 10.9 Å². The molecule has 7 heteroatoms. The minimum absolute atomic E-state index is 0.0302. The number of aryl methyl sites for hydroxylation is 2. The van der Waals surface area contributed by atoms with Crippen molar-refractivity contribution in [2.24, 2.45) is 0 Å². The number of hydrogen-bond acceptors (Lipinski definition) is 6. The van der Waals surface area contributed by atoms with Gasteiger partial charge in [-0.1, -0.05) is 12.1 Å². The van der Waals surface area contributed by atoms with Gasteiger partial charge in [0.05, 0.1) is 18.6 Å². The monoisotopic (exact) mass is 438 g/mol. The Morgan fingerprint density at radius 1 is 1.19 bits per heavy atom. The third-order valence-corrected chi connectivity index (χ3v) is 7.42. The first kappa shape index (κ1) is 20.7. The molecular weight excluding hydrogens is 408 g/mol. The molecule has 0 amide bonds. The first-order valence-corrected chi connectivity index (χ1v) is 12.1. The van der Waals surface area contributed by atoms with Gasteiger partial charge in [0.2, 0.25) is 5.95 Å². The van der Waals surface area contributed by atoms with E-state index in [1.165, 1.54) is 22.4 Å². The molecule has 1 aliphatic carbocycles. The summed E-state index contributed by atoms with van der Waals surface area (Å²) in [6.07, 6.45) is 4.44. The maximum atomic E-state index is 13.5. The van der Waals surface area contributed by atoms with Crippen LogP contribution in [0.4, 0.5) is 11.6 Å². The van der Waals surface area contributed by atoms with Crippen LogP contribution in [0.15, 0.2) is 29.1 Å². The third kappa shape index (κ3) is 4.14. The van der Waals surface area contributed by atoms with Crippen LogP contribution >= 0.6 is 11.3 Å². The van der Waals surface area contributed by atoms with E-state index in [0.717, 1.165) is 68.0 Å². The number of nitrogens with one attached hydrogen (secondary N) is 1. The lowest BCUT2D eigenvalue weighted by Crippen LogP contribution is -2.35. The summed E-state index contributed by atoms with van der Waals surface area (Å²) in [7, 11) is 0. The maximum absolute atomic E-state index is 13.5. The molecule has 1 aromatic carbocycles. The van der Waals surface area contributed by atoms with Gasteiger partial charge in [0, 0.05) is 36.2 Å². The van der Waals surface area contributed by atoms with E-state index in [9.17, 15) is 4.79 Å². The minimum Gasteiger partial charge on any atom is -0.379 e. The minimum atomic E-state index is 0.0302. The second-order valence-corrected chi connectivity index (χ2v) is 9.89. The molecule has 0 radical (unpaired) electrons. The predicted octanol–water partition coefficient (Wildman–Crippen LogP) is 4.49. The van der Waals surface area contributed by atoms with Crippen LogP contribution in [0.2, 0.25) is 0 Å². The maximum Gasteiger partial charge on any atom is 0.264 e. The first-order chi connectivity index (χ1) is 15.1. The van der Waals surface area contributed by atoms with E-state index in [2.05, 4.69) is 28.4 Å². The van der Waals surface area contributed by atoms with Gasteiger partial charge in [-0.05, 0) is 62.8 Å². The molecule has 164 valence electrons.